The van der Waals surface area contributed by atoms with Gasteiger partial charge in [-0.25, -0.2) is 4.98 Å². The van der Waals surface area contributed by atoms with E-state index in [1.54, 1.807) is 11.8 Å². The summed E-state index contributed by atoms with van der Waals surface area (Å²) in [5.41, 5.74) is 11.0. The molecule has 0 radical (unpaired) electrons. The molecule has 45 heavy (non-hydrogen) atoms. The topological polar surface area (TPSA) is 44.9 Å². The van der Waals surface area contributed by atoms with Gasteiger partial charge in [-0.1, -0.05) is 23.7 Å². The Kier molecular flexibility index (Phi) is 8.47. The minimum absolute atomic E-state index is 0. The molecule has 4 aromatic carbocycles. The van der Waals surface area contributed by atoms with E-state index in [4.69, 9.17) is 9.84 Å². The number of rotatable bonds is 6. The number of hydrogen-bond acceptors (Lipinski definition) is 4. The first-order chi connectivity index (χ1) is 21.3. The van der Waals surface area contributed by atoms with Gasteiger partial charge >= 0.3 is 21.1 Å². The van der Waals surface area contributed by atoms with Gasteiger partial charge in [0.15, 0.2) is 0 Å². The Balaban J connectivity index is 0.00000357. The van der Waals surface area contributed by atoms with Crippen molar-refractivity contribution in [2.75, 3.05) is 6.26 Å². The number of fused-ring (bicyclic) bond motifs is 3. The quantitative estimate of drug-likeness (QED) is 0.125. The molecular formula is C38H32N4OPtS. The molecule has 0 aliphatic heterocycles. The molecule has 226 valence electrons. The van der Waals surface area contributed by atoms with Gasteiger partial charge in [0.1, 0.15) is 5.82 Å². The van der Waals surface area contributed by atoms with Gasteiger partial charge in [0, 0.05) is 39.4 Å². The Morgan fingerprint density at radius 3 is 2.27 bits per heavy atom. The summed E-state index contributed by atoms with van der Waals surface area (Å²) in [7, 11) is 0. The monoisotopic (exact) mass is 787 g/mol. The Labute approximate surface area is 282 Å². The fraction of sp³-hybridized carbons (Fsp3) is 0.158. The van der Waals surface area contributed by atoms with Gasteiger partial charge in [0.25, 0.3) is 0 Å². The van der Waals surface area contributed by atoms with E-state index in [2.05, 4.69) is 111 Å². The number of thioether (sulfide) groups is 1. The maximum atomic E-state index is 6.40. The molecule has 0 aliphatic carbocycles. The first-order valence-corrected chi connectivity index (χ1v) is 15.9. The minimum atomic E-state index is 0. The number of nitrogens with zero attached hydrogens (tertiary/aromatic N) is 4. The van der Waals surface area contributed by atoms with Crippen LogP contribution in [0.3, 0.4) is 0 Å². The minimum Gasteiger partial charge on any atom is -0.509 e. The molecule has 0 N–H and O–H groups in total. The average molecular weight is 788 g/mol. The Bertz CT molecular complexity index is 2190. The van der Waals surface area contributed by atoms with Crippen LogP contribution in [0, 0.1) is 46.8 Å². The molecule has 0 saturated carbocycles. The molecule has 3 heterocycles. The number of hydrogen-bond donors (Lipinski definition) is 0. The van der Waals surface area contributed by atoms with Crippen LogP contribution in [0.5, 0.6) is 11.5 Å². The van der Waals surface area contributed by atoms with Crippen LogP contribution in [-0.2, 0) is 21.1 Å². The van der Waals surface area contributed by atoms with Crippen molar-refractivity contribution in [2.45, 2.75) is 39.5 Å². The second-order valence-electron chi connectivity index (χ2n) is 11.2. The SMILES string of the molecule is CSc1cc(C)c(-c2c(C)nn(-c3[c-]c(Oc4[c-]c5c(cc4)c4ccccc4n5-c4cc(C)ccn4)ccc3)c2C)c(C)c1.[Pt+2]. The predicted molar refractivity (Wildman–Crippen MR) is 181 cm³/mol. The van der Waals surface area contributed by atoms with Crippen LogP contribution >= 0.6 is 11.8 Å². The zero-order valence-electron chi connectivity index (χ0n) is 26.0. The Morgan fingerprint density at radius 2 is 1.51 bits per heavy atom. The molecule has 7 heteroatoms. The molecule has 0 spiro atoms. The number of para-hydroxylation sites is 1. The van der Waals surface area contributed by atoms with E-state index in [1.807, 2.05) is 41.2 Å². The molecule has 0 atom stereocenters. The molecule has 0 aliphatic rings. The van der Waals surface area contributed by atoms with Crippen LogP contribution in [0.4, 0.5) is 0 Å². The van der Waals surface area contributed by atoms with Crippen LogP contribution < -0.4 is 4.74 Å². The molecule has 0 bridgehead atoms. The van der Waals surface area contributed by atoms with Crippen LogP contribution in [-0.4, -0.2) is 25.6 Å². The van der Waals surface area contributed by atoms with Crippen molar-refractivity contribution >= 4 is 33.6 Å². The van der Waals surface area contributed by atoms with Crippen molar-refractivity contribution in [1.82, 2.24) is 19.3 Å². The molecule has 0 amide bonds. The summed E-state index contributed by atoms with van der Waals surface area (Å²) < 4.78 is 10.5. The summed E-state index contributed by atoms with van der Waals surface area (Å²) in [5.74, 6) is 2.06. The van der Waals surface area contributed by atoms with Crippen molar-refractivity contribution < 1.29 is 25.8 Å². The van der Waals surface area contributed by atoms with E-state index in [0.29, 0.717) is 11.5 Å². The Hall–Kier alpha value is -4.12. The van der Waals surface area contributed by atoms with Crippen LogP contribution in [0.25, 0.3) is 44.4 Å². The van der Waals surface area contributed by atoms with Gasteiger partial charge in [-0.3, -0.25) is 4.68 Å². The summed E-state index contributed by atoms with van der Waals surface area (Å²) >= 11 is 1.77. The molecule has 0 saturated heterocycles. The molecular weight excluding hydrogens is 756 g/mol. The van der Waals surface area contributed by atoms with Crippen molar-refractivity contribution in [3.8, 4) is 34.1 Å². The number of pyridine rings is 1. The fourth-order valence-corrected chi connectivity index (χ4v) is 6.82. The summed E-state index contributed by atoms with van der Waals surface area (Å²) in [5, 5.41) is 7.20. The molecule has 0 fully saturated rings. The normalized spacial score (nSPS) is 11.2. The standard InChI is InChI=1S/C38H32N4OS.Pt/c1-23-16-17-39-36(18-23)41-34-13-8-7-12-32(34)33-15-14-30(22-35(33)41)43-29-11-9-10-28(21-29)42-27(5)38(26(4)40-42)37-24(2)19-31(44-6)20-25(37)3;/h7-20H,1-6H3;/q-2;+2. The fourth-order valence-electron chi connectivity index (χ4n) is 6.23. The first kappa shape index (κ1) is 30.9. The zero-order valence-corrected chi connectivity index (χ0v) is 29.1. The van der Waals surface area contributed by atoms with Crippen LogP contribution in [0.1, 0.15) is 28.1 Å². The van der Waals surface area contributed by atoms with Gasteiger partial charge in [-0.05, 0) is 105 Å². The van der Waals surface area contributed by atoms with Crippen LogP contribution in [0.15, 0.2) is 90.0 Å². The molecule has 5 nitrogen and oxygen atoms in total. The van der Waals surface area contributed by atoms with Gasteiger partial charge in [0.05, 0.1) is 5.69 Å². The maximum absolute atomic E-state index is 6.40. The van der Waals surface area contributed by atoms with Gasteiger partial charge in [-0.15, -0.1) is 47.5 Å². The van der Waals surface area contributed by atoms with E-state index >= 15 is 0 Å². The third-order valence-corrected chi connectivity index (χ3v) is 8.88. The summed E-state index contributed by atoms with van der Waals surface area (Å²) in [6.07, 6.45) is 3.96. The smallest absolute Gasteiger partial charge is 0.509 e. The maximum Gasteiger partial charge on any atom is 2.00 e. The molecule has 7 aromatic rings. The predicted octanol–water partition coefficient (Wildman–Crippen LogP) is 9.69. The third kappa shape index (κ3) is 5.51. The number of benzene rings is 4. The molecule has 3 aromatic heterocycles. The van der Waals surface area contributed by atoms with E-state index in [-0.39, 0.29) is 21.1 Å². The average Bonchev–Trinajstić information content (AvgIpc) is 3.50. The molecule has 7 rings (SSSR count). The van der Waals surface area contributed by atoms with E-state index in [0.717, 1.165) is 50.3 Å². The van der Waals surface area contributed by atoms with E-state index in [9.17, 15) is 0 Å². The largest absolute Gasteiger partial charge is 2.00 e. The van der Waals surface area contributed by atoms with Crippen LogP contribution in [0.2, 0.25) is 0 Å². The first-order valence-electron chi connectivity index (χ1n) is 14.6. The van der Waals surface area contributed by atoms with Gasteiger partial charge in [0.2, 0.25) is 0 Å². The summed E-state index contributed by atoms with van der Waals surface area (Å²) in [4.78, 5) is 5.96. The second kappa shape index (κ2) is 12.3. The number of aromatic nitrogens is 4. The van der Waals surface area contributed by atoms with Gasteiger partial charge < -0.3 is 9.30 Å². The number of ether oxygens (including phenoxy) is 1. The number of aryl methyl sites for hydroxylation is 4. The van der Waals surface area contributed by atoms with Crippen molar-refractivity contribution in [3.63, 3.8) is 0 Å². The summed E-state index contributed by atoms with van der Waals surface area (Å²) in [6, 6.07) is 33.9. The van der Waals surface area contributed by atoms with Gasteiger partial charge in [-0.2, -0.15) is 17.2 Å². The van der Waals surface area contributed by atoms with E-state index < -0.39 is 0 Å². The Morgan fingerprint density at radius 1 is 0.756 bits per heavy atom. The zero-order chi connectivity index (χ0) is 30.5. The molecule has 0 unspecified atom stereocenters. The van der Waals surface area contributed by atoms with Crippen molar-refractivity contribution in [1.29, 1.82) is 0 Å². The van der Waals surface area contributed by atoms with E-state index in [1.165, 1.54) is 27.1 Å². The van der Waals surface area contributed by atoms with Crippen molar-refractivity contribution in [3.05, 3.63) is 125 Å². The second-order valence-corrected chi connectivity index (χ2v) is 12.1. The van der Waals surface area contributed by atoms with Crippen molar-refractivity contribution in [2.24, 2.45) is 0 Å². The third-order valence-electron chi connectivity index (χ3n) is 8.17. The summed E-state index contributed by atoms with van der Waals surface area (Å²) in [6.45, 7) is 10.6.